The van der Waals surface area contributed by atoms with E-state index in [0.717, 1.165) is 27.6 Å². The Kier molecular flexibility index (Phi) is 5.20. The quantitative estimate of drug-likeness (QED) is 0.698. The fraction of sp³-hybridized carbons (Fsp3) is 0.316. The Bertz CT molecular complexity index is 875. The fourth-order valence-corrected chi connectivity index (χ4v) is 5.90. The molecule has 6 heteroatoms. The van der Waals surface area contributed by atoms with Gasteiger partial charge in [0, 0.05) is 4.90 Å². The molecule has 0 N–H and O–H groups in total. The van der Waals surface area contributed by atoms with Gasteiger partial charge in [-0.15, -0.1) is 11.8 Å². The lowest BCUT2D eigenvalue weighted by molar-refractivity contribution is 0.0885. The third kappa shape index (κ3) is 3.20. The molecule has 1 heterocycles. The molecule has 0 saturated carbocycles. The van der Waals surface area contributed by atoms with Gasteiger partial charge in [-0.1, -0.05) is 44.2 Å². The summed E-state index contributed by atoms with van der Waals surface area (Å²) >= 11 is 1.35. The number of carbonyl (C=O) groups is 1. The number of carbonyl (C=O) groups excluding carboxylic acids is 1. The summed E-state index contributed by atoms with van der Waals surface area (Å²) in [4.78, 5) is 14.0. The van der Waals surface area contributed by atoms with Gasteiger partial charge in [0.05, 0.1) is 11.4 Å². The lowest BCUT2D eigenvalue weighted by Crippen LogP contribution is -2.29. The van der Waals surface area contributed by atoms with E-state index in [2.05, 4.69) is 13.8 Å². The van der Waals surface area contributed by atoms with E-state index in [1.807, 2.05) is 36.4 Å². The highest BCUT2D eigenvalue weighted by Gasteiger charge is 2.43. The van der Waals surface area contributed by atoms with E-state index < -0.39 is 15.9 Å². The van der Waals surface area contributed by atoms with Gasteiger partial charge in [-0.25, -0.2) is 12.7 Å². The number of benzene rings is 2. The molecule has 0 aliphatic carbocycles. The van der Waals surface area contributed by atoms with E-state index in [4.69, 9.17) is 0 Å². The van der Waals surface area contributed by atoms with Crippen molar-refractivity contribution in [3.63, 3.8) is 0 Å². The molecular formula is C19H21NO3S2. The maximum Gasteiger partial charge on any atom is 0.270 e. The molecule has 0 unspecified atom stereocenters. The molecule has 0 atom stereocenters. The van der Waals surface area contributed by atoms with Crippen molar-refractivity contribution in [1.29, 1.82) is 0 Å². The maximum atomic E-state index is 12.9. The summed E-state index contributed by atoms with van der Waals surface area (Å²) in [7, 11) is -3.78. The van der Waals surface area contributed by atoms with Crippen molar-refractivity contribution < 1.29 is 13.2 Å². The van der Waals surface area contributed by atoms with Crippen LogP contribution in [0, 0.1) is 0 Å². The highest BCUT2D eigenvalue weighted by molar-refractivity contribution is 8.00. The molecule has 2 aromatic rings. The zero-order valence-electron chi connectivity index (χ0n) is 14.3. The molecule has 3 rings (SSSR count). The number of hydrogen-bond donors (Lipinski definition) is 0. The predicted octanol–water partition coefficient (Wildman–Crippen LogP) is 4.48. The van der Waals surface area contributed by atoms with Crippen LogP contribution in [-0.2, 0) is 10.0 Å². The Morgan fingerprint density at radius 2 is 1.68 bits per heavy atom. The van der Waals surface area contributed by atoms with Gasteiger partial charge < -0.3 is 0 Å². The zero-order chi connectivity index (χ0) is 18.0. The standard InChI is InChI=1S/C19H21NO3S2/c1-3-14(4-2)16-11-8-12-17-18(16)19(21)20(25(17,22)23)13-24-15-9-6-5-7-10-15/h5-12,14H,3-4,13H2,1-2H3. The molecular weight excluding hydrogens is 354 g/mol. The van der Waals surface area contributed by atoms with Crippen LogP contribution < -0.4 is 0 Å². The largest absolute Gasteiger partial charge is 0.270 e. The second-order valence-corrected chi connectivity index (χ2v) is 8.83. The van der Waals surface area contributed by atoms with Gasteiger partial charge in [-0.3, -0.25) is 4.79 Å². The number of thioether (sulfide) groups is 1. The van der Waals surface area contributed by atoms with Gasteiger partial charge in [0.25, 0.3) is 15.9 Å². The summed E-state index contributed by atoms with van der Waals surface area (Å²) in [6, 6.07) is 14.7. The Hall–Kier alpha value is -1.79. The van der Waals surface area contributed by atoms with Crippen molar-refractivity contribution in [3.05, 3.63) is 59.7 Å². The lowest BCUT2D eigenvalue weighted by atomic mass is 9.90. The average Bonchev–Trinajstić information content (AvgIpc) is 2.82. The van der Waals surface area contributed by atoms with Crippen LogP contribution >= 0.6 is 11.8 Å². The molecule has 2 aromatic carbocycles. The van der Waals surface area contributed by atoms with E-state index in [0.29, 0.717) is 5.56 Å². The summed E-state index contributed by atoms with van der Waals surface area (Å²) < 4.78 is 26.7. The van der Waals surface area contributed by atoms with Crippen LogP contribution in [0.5, 0.6) is 0 Å². The molecule has 0 fully saturated rings. The Morgan fingerprint density at radius 1 is 1.00 bits per heavy atom. The second kappa shape index (κ2) is 7.22. The van der Waals surface area contributed by atoms with Crippen molar-refractivity contribution >= 4 is 27.7 Å². The zero-order valence-corrected chi connectivity index (χ0v) is 15.9. The minimum absolute atomic E-state index is 0.0855. The highest BCUT2D eigenvalue weighted by Crippen LogP contribution is 2.38. The van der Waals surface area contributed by atoms with Crippen LogP contribution in [0.2, 0.25) is 0 Å². The van der Waals surface area contributed by atoms with Gasteiger partial charge in [0.2, 0.25) is 0 Å². The molecule has 0 radical (unpaired) electrons. The summed E-state index contributed by atoms with van der Waals surface area (Å²) in [5.41, 5.74) is 1.22. The molecule has 1 aliphatic heterocycles. The van der Waals surface area contributed by atoms with Crippen molar-refractivity contribution in [2.75, 3.05) is 5.88 Å². The monoisotopic (exact) mass is 375 g/mol. The van der Waals surface area contributed by atoms with E-state index in [1.165, 1.54) is 11.8 Å². The number of nitrogens with zero attached hydrogens (tertiary/aromatic N) is 1. The lowest BCUT2D eigenvalue weighted by Gasteiger charge is -2.16. The third-order valence-corrected chi connectivity index (χ3v) is 7.51. The molecule has 4 nitrogen and oxygen atoms in total. The van der Waals surface area contributed by atoms with Crippen LogP contribution in [0.1, 0.15) is 48.5 Å². The van der Waals surface area contributed by atoms with E-state index in [1.54, 1.807) is 12.1 Å². The van der Waals surface area contributed by atoms with Crippen molar-refractivity contribution in [1.82, 2.24) is 4.31 Å². The first-order valence-corrected chi connectivity index (χ1v) is 10.8. The van der Waals surface area contributed by atoms with E-state index >= 15 is 0 Å². The number of amides is 1. The molecule has 0 bridgehead atoms. The number of fused-ring (bicyclic) bond motifs is 1. The third-order valence-electron chi connectivity index (χ3n) is 4.58. The molecule has 132 valence electrons. The summed E-state index contributed by atoms with van der Waals surface area (Å²) in [5.74, 6) is -0.126. The fourth-order valence-electron chi connectivity index (χ4n) is 3.19. The minimum atomic E-state index is -3.78. The molecule has 0 aromatic heterocycles. The average molecular weight is 376 g/mol. The molecule has 0 saturated heterocycles. The van der Waals surface area contributed by atoms with E-state index in [-0.39, 0.29) is 16.7 Å². The van der Waals surface area contributed by atoms with Gasteiger partial charge in [-0.05, 0) is 42.5 Å². The number of hydrogen-bond acceptors (Lipinski definition) is 4. The Balaban J connectivity index is 1.96. The SMILES string of the molecule is CCC(CC)c1cccc2c1C(=O)N(CSc1ccccc1)S2(=O)=O. The van der Waals surface area contributed by atoms with Crippen LogP contribution in [0.3, 0.4) is 0 Å². The van der Waals surface area contributed by atoms with Gasteiger partial charge >= 0.3 is 0 Å². The molecule has 25 heavy (non-hydrogen) atoms. The first kappa shape index (κ1) is 18.0. The minimum Gasteiger partial charge on any atom is -0.268 e. The molecule has 1 amide bonds. The van der Waals surface area contributed by atoms with Crippen LogP contribution in [0.25, 0.3) is 0 Å². The van der Waals surface area contributed by atoms with Gasteiger partial charge in [-0.2, -0.15) is 0 Å². The summed E-state index contributed by atoms with van der Waals surface area (Å²) in [6.07, 6.45) is 1.75. The van der Waals surface area contributed by atoms with Crippen LogP contribution in [0.4, 0.5) is 0 Å². The second-order valence-electron chi connectivity index (χ2n) is 5.98. The van der Waals surface area contributed by atoms with Crippen LogP contribution in [0.15, 0.2) is 58.3 Å². The number of sulfonamides is 1. The van der Waals surface area contributed by atoms with Crippen molar-refractivity contribution in [2.24, 2.45) is 0 Å². The van der Waals surface area contributed by atoms with Gasteiger partial charge in [0.1, 0.15) is 4.90 Å². The van der Waals surface area contributed by atoms with Crippen molar-refractivity contribution in [2.45, 2.75) is 42.4 Å². The smallest absolute Gasteiger partial charge is 0.268 e. The van der Waals surface area contributed by atoms with Crippen LogP contribution in [-0.4, -0.2) is 24.5 Å². The number of rotatable bonds is 6. The van der Waals surface area contributed by atoms with Gasteiger partial charge in [0.15, 0.2) is 0 Å². The van der Waals surface area contributed by atoms with E-state index in [9.17, 15) is 13.2 Å². The predicted molar refractivity (Wildman–Crippen MR) is 100 cm³/mol. The Labute approximate surface area is 153 Å². The van der Waals surface area contributed by atoms with Crippen molar-refractivity contribution in [3.8, 4) is 0 Å². The highest BCUT2D eigenvalue weighted by atomic mass is 32.2. The first-order valence-electron chi connectivity index (χ1n) is 8.38. The Morgan fingerprint density at radius 3 is 2.32 bits per heavy atom. The summed E-state index contributed by atoms with van der Waals surface area (Å²) in [6.45, 7) is 4.12. The summed E-state index contributed by atoms with van der Waals surface area (Å²) in [5, 5.41) is 0. The first-order chi connectivity index (χ1) is 12.0. The molecule has 0 spiro atoms. The maximum absolute atomic E-state index is 12.9. The topological polar surface area (TPSA) is 54.5 Å². The normalized spacial score (nSPS) is 15.6. The molecule has 1 aliphatic rings.